The second-order valence-corrected chi connectivity index (χ2v) is 8.65. The average molecular weight is 487 g/mol. The lowest BCUT2D eigenvalue weighted by atomic mass is 9.85. The van der Waals surface area contributed by atoms with Gasteiger partial charge in [0, 0.05) is 5.92 Å². The Morgan fingerprint density at radius 1 is 0.588 bits per heavy atom. The zero-order valence-electron chi connectivity index (χ0n) is 18.4. The van der Waals surface area contributed by atoms with E-state index in [0.29, 0.717) is 5.92 Å². The van der Waals surface area contributed by atoms with Gasteiger partial charge in [-0.3, -0.25) is 4.55 Å². The van der Waals surface area contributed by atoms with Gasteiger partial charge in [-0.1, -0.05) is 127 Å². The molecule has 34 heavy (non-hydrogen) atoms. The maximum atomic E-state index is 10.7. The SMILES string of the molecule is Cc1ccccc1.O=S(=O)(O)C(F)(F)F.c1ccc(C(c2ccccc2)c2ccccc2)cc1. The summed E-state index contributed by atoms with van der Waals surface area (Å²) in [7, 11) is -5.84. The Morgan fingerprint density at radius 2 is 0.824 bits per heavy atom. The van der Waals surface area contributed by atoms with Crippen LogP contribution in [-0.2, 0) is 10.1 Å². The molecule has 4 aromatic rings. The van der Waals surface area contributed by atoms with E-state index in [-0.39, 0.29) is 0 Å². The highest BCUT2D eigenvalue weighted by Crippen LogP contribution is 2.31. The van der Waals surface area contributed by atoms with Crippen molar-refractivity contribution in [1.82, 2.24) is 0 Å². The molecule has 0 atom stereocenters. The molecule has 0 spiro atoms. The van der Waals surface area contributed by atoms with Gasteiger partial charge in [-0.25, -0.2) is 0 Å². The van der Waals surface area contributed by atoms with Crippen LogP contribution < -0.4 is 0 Å². The molecular formula is C27H25F3O3S. The van der Waals surface area contributed by atoms with Gasteiger partial charge in [0.25, 0.3) is 0 Å². The minimum atomic E-state index is -5.84. The Morgan fingerprint density at radius 3 is 1.00 bits per heavy atom. The molecule has 0 bridgehead atoms. The minimum Gasteiger partial charge on any atom is -0.279 e. The Labute approximate surface area is 198 Å². The van der Waals surface area contributed by atoms with Gasteiger partial charge in [0.2, 0.25) is 0 Å². The lowest BCUT2D eigenvalue weighted by Crippen LogP contribution is -2.21. The molecule has 0 aliphatic heterocycles. The number of halogens is 3. The lowest BCUT2D eigenvalue weighted by molar-refractivity contribution is -0.0510. The van der Waals surface area contributed by atoms with Crippen LogP contribution in [0.4, 0.5) is 13.2 Å². The Kier molecular flexibility index (Phi) is 10.0. The standard InChI is InChI=1S/C19H16.C7H8.CHF3O3S/c1-4-10-16(11-5-1)19(17-12-6-2-7-13-17)18-14-8-3-9-15-18;1-7-5-3-2-4-6-7;2-1(3,4)8(5,6)7/h1-15,19H;2-6H,1H3;(H,5,6,7). The van der Waals surface area contributed by atoms with Gasteiger partial charge in [-0.15, -0.1) is 0 Å². The number of hydrogen-bond donors (Lipinski definition) is 1. The van der Waals surface area contributed by atoms with E-state index in [1.807, 2.05) is 18.2 Å². The fourth-order valence-electron chi connectivity index (χ4n) is 3.05. The second kappa shape index (κ2) is 12.7. The smallest absolute Gasteiger partial charge is 0.279 e. The summed E-state index contributed by atoms with van der Waals surface area (Å²) in [6, 6.07) is 42.3. The average Bonchev–Trinajstić information content (AvgIpc) is 2.82. The fourth-order valence-corrected chi connectivity index (χ4v) is 3.05. The quantitative estimate of drug-likeness (QED) is 0.188. The van der Waals surface area contributed by atoms with Crippen LogP contribution in [0.2, 0.25) is 0 Å². The predicted molar refractivity (Wildman–Crippen MR) is 129 cm³/mol. The first-order valence-corrected chi connectivity index (χ1v) is 11.7. The number of rotatable bonds is 3. The van der Waals surface area contributed by atoms with Crippen LogP contribution in [0.1, 0.15) is 28.2 Å². The van der Waals surface area contributed by atoms with Gasteiger partial charge < -0.3 is 0 Å². The largest absolute Gasteiger partial charge is 0.522 e. The third kappa shape index (κ3) is 8.84. The van der Waals surface area contributed by atoms with Crippen LogP contribution in [0, 0.1) is 6.92 Å². The monoisotopic (exact) mass is 486 g/mol. The summed E-state index contributed by atoms with van der Waals surface area (Å²) < 4.78 is 57.5. The number of hydrogen-bond acceptors (Lipinski definition) is 2. The van der Waals surface area contributed by atoms with E-state index < -0.39 is 15.6 Å². The van der Waals surface area contributed by atoms with Crippen molar-refractivity contribution in [2.45, 2.75) is 18.3 Å². The van der Waals surface area contributed by atoms with Crippen molar-refractivity contribution >= 4 is 10.1 Å². The van der Waals surface area contributed by atoms with E-state index >= 15 is 0 Å². The molecule has 0 fully saturated rings. The number of benzene rings is 4. The number of alkyl halides is 3. The number of aryl methyl sites for hydroxylation is 1. The maximum Gasteiger partial charge on any atom is 0.522 e. The van der Waals surface area contributed by atoms with Crippen molar-refractivity contribution in [3.63, 3.8) is 0 Å². The zero-order chi connectivity index (χ0) is 25.0. The van der Waals surface area contributed by atoms with Crippen molar-refractivity contribution in [3.8, 4) is 0 Å². The summed E-state index contributed by atoms with van der Waals surface area (Å²) in [6.07, 6.45) is 0. The molecule has 0 aliphatic carbocycles. The van der Waals surface area contributed by atoms with E-state index in [2.05, 4.69) is 110 Å². The molecule has 3 nitrogen and oxygen atoms in total. The van der Waals surface area contributed by atoms with E-state index in [1.165, 1.54) is 22.3 Å². The van der Waals surface area contributed by atoms with Crippen LogP contribution in [0.5, 0.6) is 0 Å². The summed E-state index contributed by atoms with van der Waals surface area (Å²) in [5.74, 6) is 0.309. The van der Waals surface area contributed by atoms with E-state index in [9.17, 15) is 13.2 Å². The summed E-state index contributed by atoms with van der Waals surface area (Å²) in [5, 5.41) is 0. The predicted octanol–water partition coefficient (Wildman–Crippen LogP) is 7.26. The Bertz CT molecular complexity index is 1100. The second-order valence-electron chi connectivity index (χ2n) is 7.24. The molecule has 178 valence electrons. The Balaban J connectivity index is 0.000000225. The highest BCUT2D eigenvalue weighted by atomic mass is 32.2. The van der Waals surface area contributed by atoms with Crippen molar-refractivity contribution in [3.05, 3.63) is 144 Å². The fraction of sp³-hybridized carbons (Fsp3) is 0.111. The first-order chi connectivity index (χ1) is 16.1. The molecule has 0 unspecified atom stereocenters. The molecule has 4 rings (SSSR count). The van der Waals surface area contributed by atoms with Crippen molar-refractivity contribution in [2.75, 3.05) is 0 Å². The Hall–Kier alpha value is -3.42. The molecule has 0 radical (unpaired) electrons. The van der Waals surface area contributed by atoms with Gasteiger partial charge in [0.15, 0.2) is 0 Å². The maximum absolute atomic E-state index is 10.7. The first-order valence-electron chi connectivity index (χ1n) is 10.3. The van der Waals surface area contributed by atoms with Crippen molar-refractivity contribution < 1.29 is 26.1 Å². The molecular weight excluding hydrogens is 461 g/mol. The lowest BCUT2D eigenvalue weighted by Gasteiger charge is -2.18. The van der Waals surface area contributed by atoms with Gasteiger partial charge in [-0.2, -0.15) is 21.6 Å². The van der Waals surface area contributed by atoms with E-state index in [1.54, 1.807) is 0 Å². The third-order valence-electron chi connectivity index (χ3n) is 4.63. The zero-order valence-corrected chi connectivity index (χ0v) is 19.2. The molecule has 0 aromatic heterocycles. The van der Waals surface area contributed by atoms with Crippen LogP contribution in [0.15, 0.2) is 121 Å². The summed E-state index contributed by atoms with van der Waals surface area (Å²) in [4.78, 5) is 0. The summed E-state index contributed by atoms with van der Waals surface area (Å²) >= 11 is 0. The molecule has 0 saturated carbocycles. The molecule has 1 N–H and O–H groups in total. The molecule has 0 amide bonds. The van der Waals surface area contributed by atoms with Gasteiger partial charge in [0.1, 0.15) is 0 Å². The van der Waals surface area contributed by atoms with Gasteiger partial charge in [-0.05, 0) is 23.6 Å². The molecule has 7 heteroatoms. The van der Waals surface area contributed by atoms with Crippen molar-refractivity contribution in [1.29, 1.82) is 0 Å². The van der Waals surface area contributed by atoms with Crippen LogP contribution in [-0.4, -0.2) is 18.5 Å². The summed E-state index contributed by atoms with van der Waals surface area (Å²) in [6.45, 7) is 2.08. The van der Waals surface area contributed by atoms with Crippen LogP contribution in [0.3, 0.4) is 0 Å². The third-order valence-corrected chi connectivity index (χ3v) is 5.22. The first kappa shape index (κ1) is 26.8. The minimum absolute atomic E-state index is 0.309. The van der Waals surface area contributed by atoms with Crippen LogP contribution in [0.25, 0.3) is 0 Å². The molecule has 4 aromatic carbocycles. The van der Waals surface area contributed by atoms with Crippen LogP contribution >= 0.6 is 0 Å². The molecule has 0 aliphatic rings. The van der Waals surface area contributed by atoms with E-state index in [0.717, 1.165) is 0 Å². The normalized spacial score (nSPS) is 11.0. The highest BCUT2D eigenvalue weighted by Gasteiger charge is 2.44. The summed E-state index contributed by atoms with van der Waals surface area (Å²) in [5.41, 5.74) is -0.213. The highest BCUT2D eigenvalue weighted by molar-refractivity contribution is 7.86. The van der Waals surface area contributed by atoms with Gasteiger partial charge in [0.05, 0.1) is 0 Å². The molecule has 0 saturated heterocycles. The topological polar surface area (TPSA) is 54.4 Å². The molecule has 0 heterocycles. The van der Waals surface area contributed by atoms with E-state index in [4.69, 9.17) is 13.0 Å². The van der Waals surface area contributed by atoms with Gasteiger partial charge >= 0.3 is 15.6 Å². The van der Waals surface area contributed by atoms with Crippen molar-refractivity contribution in [2.24, 2.45) is 0 Å².